The molecule has 0 saturated heterocycles. The Balaban J connectivity index is 1.82. The highest BCUT2D eigenvalue weighted by molar-refractivity contribution is 6.30. The standard InChI is InChI=1S/C19H13ClF2N2O3/c1-26-17(25)9-13-4-7-15(21)18(24-13)11-2-5-14(6-3-11)27-19-16(22)8-12(20)10-23-19/h2-8,10H,9H2,1H3. The van der Waals surface area contributed by atoms with Gasteiger partial charge in [0.2, 0.25) is 0 Å². The molecule has 0 aliphatic carbocycles. The third-order valence-electron chi connectivity index (χ3n) is 3.57. The molecule has 0 saturated carbocycles. The molecule has 3 rings (SSSR count). The molecule has 0 fully saturated rings. The van der Waals surface area contributed by atoms with Crippen LogP contribution in [-0.2, 0) is 16.0 Å². The summed E-state index contributed by atoms with van der Waals surface area (Å²) in [6, 6.07) is 9.93. The number of pyridine rings is 2. The second-order valence-corrected chi connectivity index (χ2v) is 5.89. The summed E-state index contributed by atoms with van der Waals surface area (Å²) in [7, 11) is 1.27. The molecule has 0 atom stereocenters. The molecule has 1 aromatic carbocycles. The summed E-state index contributed by atoms with van der Waals surface area (Å²) in [5.41, 5.74) is 0.931. The van der Waals surface area contributed by atoms with Crippen LogP contribution in [-0.4, -0.2) is 23.0 Å². The highest BCUT2D eigenvalue weighted by Gasteiger charge is 2.12. The molecule has 3 aromatic rings. The molecule has 0 amide bonds. The van der Waals surface area contributed by atoms with Gasteiger partial charge in [0.1, 0.15) is 17.3 Å². The van der Waals surface area contributed by atoms with Crippen molar-refractivity contribution in [1.82, 2.24) is 9.97 Å². The molecule has 0 N–H and O–H groups in total. The zero-order chi connectivity index (χ0) is 19.4. The van der Waals surface area contributed by atoms with Crippen molar-refractivity contribution in [2.75, 3.05) is 7.11 Å². The molecule has 5 nitrogen and oxygen atoms in total. The zero-order valence-electron chi connectivity index (χ0n) is 14.1. The van der Waals surface area contributed by atoms with E-state index in [0.29, 0.717) is 17.0 Å². The van der Waals surface area contributed by atoms with Gasteiger partial charge in [0.25, 0.3) is 5.88 Å². The average molecular weight is 391 g/mol. The first-order valence-electron chi connectivity index (χ1n) is 7.78. The minimum absolute atomic E-state index is 0.0630. The summed E-state index contributed by atoms with van der Waals surface area (Å²) in [5.74, 6) is -1.63. The van der Waals surface area contributed by atoms with Crippen LogP contribution in [0.4, 0.5) is 8.78 Å². The topological polar surface area (TPSA) is 61.3 Å². The van der Waals surface area contributed by atoms with E-state index < -0.39 is 17.6 Å². The van der Waals surface area contributed by atoms with Crippen molar-refractivity contribution in [3.05, 3.63) is 71.0 Å². The normalized spacial score (nSPS) is 10.5. The van der Waals surface area contributed by atoms with E-state index in [0.717, 1.165) is 6.07 Å². The Morgan fingerprint density at radius 1 is 1.11 bits per heavy atom. The molecule has 0 radical (unpaired) electrons. The maximum atomic E-state index is 14.1. The van der Waals surface area contributed by atoms with Gasteiger partial charge in [-0.2, -0.15) is 0 Å². The molecule has 0 aliphatic heterocycles. The van der Waals surface area contributed by atoms with Crippen LogP contribution in [0.3, 0.4) is 0 Å². The first-order valence-corrected chi connectivity index (χ1v) is 8.15. The van der Waals surface area contributed by atoms with Gasteiger partial charge in [-0.25, -0.2) is 18.7 Å². The van der Waals surface area contributed by atoms with Crippen LogP contribution in [0, 0.1) is 11.6 Å². The summed E-state index contributed by atoms with van der Waals surface area (Å²) in [4.78, 5) is 19.3. The fourth-order valence-corrected chi connectivity index (χ4v) is 2.42. The fourth-order valence-electron chi connectivity index (χ4n) is 2.27. The lowest BCUT2D eigenvalue weighted by Gasteiger charge is -2.08. The van der Waals surface area contributed by atoms with E-state index in [1.54, 1.807) is 12.1 Å². The second kappa shape index (κ2) is 8.09. The van der Waals surface area contributed by atoms with Crippen LogP contribution in [0.15, 0.2) is 48.7 Å². The lowest BCUT2D eigenvalue weighted by Crippen LogP contribution is -2.07. The van der Waals surface area contributed by atoms with Gasteiger partial charge in [-0.3, -0.25) is 4.79 Å². The van der Waals surface area contributed by atoms with Gasteiger partial charge in [0.05, 0.1) is 24.2 Å². The largest absolute Gasteiger partial charge is 0.469 e. The fraction of sp³-hybridized carbons (Fsp3) is 0.105. The van der Waals surface area contributed by atoms with Gasteiger partial charge >= 0.3 is 5.97 Å². The molecular formula is C19H13ClF2N2O3. The van der Waals surface area contributed by atoms with Crippen molar-refractivity contribution in [2.24, 2.45) is 0 Å². The van der Waals surface area contributed by atoms with E-state index in [-0.39, 0.29) is 23.0 Å². The number of benzene rings is 1. The summed E-state index contributed by atoms with van der Waals surface area (Å²) in [6.45, 7) is 0. The lowest BCUT2D eigenvalue weighted by atomic mass is 10.1. The van der Waals surface area contributed by atoms with Gasteiger partial charge in [0.15, 0.2) is 5.82 Å². The molecule has 8 heteroatoms. The minimum Gasteiger partial charge on any atom is -0.469 e. The van der Waals surface area contributed by atoms with Crippen LogP contribution in [0.25, 0.3) is 11.3 Å². The average Bonchev–Trinajstić information content (AvgIpc) is 2.66. The number of carbonyl (C=O) groups is 1. The SMILES string of the molecule is COC(=O)Cc1ccc(F)c(-c2ccc(Oc3ncc(Cl)cc3F)cc2)n1. The predicted molar refractivity (Wildman–Crippen MR) is 94.6 cm³/mol. The molecule has 0 bridgehead atoms. The molecule has 138 valence electrons. The summed E-state index contributed by atoms with van der Waals surface area (Å²) < 4.78 is 37.8. The molecule has 0 unspecified atom stereocenters. The Morgan fingerprint density at radius 2 is 1.85 bits per heavy atom. The number of aromatic nitrogens is 2. The number of esters is 1. The monoisotopic (exact) mass is 390 g/mol. The summed E-state index contributed by atoms with van der Waals surface area (Å²) in [5, 5.41) is 0.156. The van der Waals surface area contributed by atoms with E-state index in [1.807, 2.05) is 0 Å². The molecule has 2 heterocycles. The van der Waals surface area contributed by atoms with Crippen LogP contribution in [0.1, 0.15) is 5.69 Å². The number of ether oxygens (including phenoxy) is 2. The van der Waals surface area contributed by atoms with Gasteiger partial charge < -0.3 is 9.47 Å². The maximum absolute atomic E-state index is 14.1. The Bertz CT molecular complexity index is 981. The third kappa shape index (κ3) is 4.57. The Kier molecular flexibility index (Phi) is 5.61. The van der Waals surface area contributed by atoms with E-state index in [1.165, 1.54) is 37.6 Å². The maximum Gasteiger partial charge on any atom is 0.311 e. The Morgan fingerprint density at radius 3 is 2.52 bits per heavy atom. The first kappa shape index (κ1) is 18.7. The Labute approximate surface area is 158 Å². The number of methoxy groups -OCH3 is 1. The van der Waals surface area contributed by atoms with Crippen LogP contribution in [0.5, 0.6) is 11.6 Å². The number of rotatable bonds is 5. The Hall–Kier alpha value is -3.06. The van der Waals surface area contributed by atoms with Crippen molar-refractivity contribution < 1.29 is 23.0 Å². The molecular weight excluding hydrogens is 378 g/mol. The van der Waals surface area contributed by atoms with Crippen molar-refractivity contribution in [2.45, 2.75) is 6.42 Å². The van der Waals surface area contributed by atoms with Crippen LogP contribution >= 0.6 is 11.6 Å². The van der Waals surface area contributed by atoms with Gasteiger partial charge in [-0.15, -0.1) is 0 Å². The zero-order valence-corrected chi connectivity index (χ0v) is 14.8. The summed E-state index contributed by atoms with van der Waals surface area (Å²) in [6.07, 6.45) is 1.20. The smallest absolute Gasteiger partial charge is 0.311 e. The minimum atomic E-state index is -0.699. The first-order chi connectivity index (χ1) is 13.0. The highest BCUT2D eigenvalue weighted by atomic mass is 35.5. The summed E-state index contributed by atoms with van der Waals surface area (Å²) >= 11 is 5.65. The van der Waals surface area contributed by atoms with E-state index in [4.69, 9.17) is 16.3 Å². The van der Waals surface area contributed by atoms with E-state index in [9.17, 15) is 13.6 Å². The molecule has 0 aliphatic rings. The highest BCUT2D eigenvalue weighted by Crippen LogP contribution is 2.27. The lowest BCUT2D eigenvalue weighted by molar-refractivity contribution is -0.139. The number of nitrogens with zero attached hydrogens (tertiary/aromatic N) is 2. The quantitative estimate of drug-likeness (QED) is 0.596. The van der Waals surface area contributed by atoms with Crippen molar-refractivity contribution in [3.8, 4) is 22.9 Å². The van der Waals surface area contributed by atoms with Crippen molar-refractivity contribution in [3.63, 3.8) is 0 Å². The molecule has 0 spiro atoms. The number of hydrogen-bond donors (Lipinski definition) is 0. The number of hydrogen-bond acceptors (Lipinski definition) is 5. The number of halogens is 3. The second-order valence-electron chi connectivity index (χ2n) is 5.45. The van der Waals surface area contributed by atoms with Crippen molar-refractivity contribution in [1.29, 1.82) is 0 Å². The third-order valence-corrected chi connectivity index (χ3v) is 3.78. The van der Waals surface area contributed by atoms with Crippen molar-refractivity contribution >= 4 is 17.6 Å². The molecule has 27 heavy (non-hydrogen) atoms. The van der Waals surface area contributed by atoms with Gasteiger partial charge in [-0.05, 0) is 42.5 Å². The van der Waals surface area contributed by atoms with Gasteiger partial charge in [-0.1, -0.05) is 11.6 Å². The van der Waals surface area contributed by atoms with Gasteiger partial charge in [0, 0.05) is 11.8 Å². The predicted octanol–water partition coefficient (Wildman–Crippen LogP) is 4.58. The molecule has 2 aromatic heterocycles. The van der Waals surface area contributed by atoms with Crippen LogP contribution in [0.2, 0.25) is 5.02 Å². The van der Waals surface area contributed by atoms with Crippen LogP contribution < -0.4 is 4.74 Å². The van der Waals surface area contributed by atoms with E-state index >= 15 is 0 Å². The number of carbonyl (C=O) groups excluding carboxylic acids is 1. The van der Waals surface area contributed by atoms with E-state index in [2.05, 4.69) is 14.7 Å².